The number of nitrogens with zero attached hydrogens (tertiary/aromatic N) is 1. The van der Waals surface area contributed by atoms with E-state index in [0.717, 1.165) is 45.3 Å². The first-order valence-corrected chi connectivity index (χ1v) is 15.0. The average Bonchev–Trinajstić information content (AvgIpc) is 3.03. The lowest BCUT2D eigenvalue weighted by molar-refractivity contribution is 0.999. The van der Waals surface area contributed by atoms with Crippen LogP contribution in [0.25, 0.3) is 11.0 Å². The normalized spacial score (nSPS) is 10.7. The molecule has 0 fully saturated rings. The molecule has 0 unspecified atom stereocenters. The van der Waals surface area contributed by atoms with Crippen molar-refractivity contribution in [1.82, 2.24) is 0 Å². The Kier molecular flexibility index (Phi) is 17.8. The largest absolute Gasteiger partial charge is 0.311 e. The van der Waals surface area contributed by atoms with E-state index in [2.05, 4.69) is 148 Å². The summed E-state index contributed by atoms with van der Waals surface area (Å²) in [6, 6.07) is 27.4. The molecule has 3 aromatic carbocycles. The van der Waals surface area contributed by atoms with Crippen LogP contribution in [-0.4, -0.2) is 0 Å². The predicted octanol–water partition coefficient (Wildman–Crippen LogP) is 12.6. The summed E-state index contributed by atoms with van der Waals surface area (Å²) in [6.45, 7) is 25.7. The van der Waals surface area contributed by atoms with E-state index in [1.807, 2.05) is 32.9 Å². The molecule has 0 amide bonds. The van der Waals surface area contributed by atoms with Gasteiger partial charge >= 0.3 is 0 Å². The van der Waals surface area contributed by atoms with Crippen molar-refractivity contribution in [3.8, 4) is 0 Å². The lowest BCUT2D eigenvalue weighted by atomic mass is 10.1. The standard InChI is InChI=1S/C24H25NS.C13H16.C2H6/c1-6-12-22(8-3)25(23-13-10-9-11-14-23)24-17-15-21(16-18-24)20(5)26-19(4)7-2;1-3-5-6-7-13-10-8-12(4-2)9-11-13;1-2/h6-18H,2,4-5H2,1,3H3;3-5,8-11H,2,6-7H2,1H3;1-2H3/b12-6-,22-8+;5-3-;. The molecule has 0 bridgehead atoms. The van der Waals surface area contributed by atoms with Gasteiger partial charge in [0.05, 0.1) is 0 Å². The van der Waals surface area contributed by atoms with Crippen LogP contribution in [0.15, 0.2) is 152 Å². The number of para-hydroxylation sites is 1. The minimum Gasteiger partial charge on any atom is -0.311 e. The van der Waals surface area contributed by atoms with Gasteiger partial charge in [0.15, 0.2) is 0 Å². The van der Waals surface area contributed by atoms with Crippen LogP contribution in [0, 0.1) is 0 Å². The van der Waals surface area contributed by atoms with Crippen LogP contribution in [0.5, 0.6) is 0 Å². The SMILES string of the molecule is C=CC(=C)SC(=C)c1ccc(N(C(/C=C\C)=C/C)c2ccccc2)cc1.C=Cc1ccc(CC/C=C\C)cc1.CC. The fourth-order valence-electron chi connectivity index (χ4n) is 3.79. The fourth-order valence-corrected chi connectivity index (χ4v) is 4.44. The zero-order valence-electron chi connectivity index (χ0n) is 25.6. The van der Waals surface area contributed by atoms with Gasteiger partial charge in [-0.3, -0.25) is 0 Å². The molecule has 3 rings (SSSR count). The van der Waals surface area contributed by atoms with Crippen molar-refractivity contribution >= 4 is 34.1 Å². The van der Waals surface area contributed by atoms with Gasteiger partial charge in [-0.1, -0.05) is 143 Å². The third-order valence-electron chi connectivity index (χ3n) is 5.89. The highest BCUT2D eigenvalue weighted by atomic mass is 32.2. The van der Waals surface area contributed by atoms with Gasteiger partial charge in [-0.05, 0) is 80.6 Å². The Morgan fingerprint density at radius 2 is 1.39 bits per heavy atom. The Morgan fingerprint density at radius 1 is 0.780 bits per heavy atom. The van der Waals surface area contributed by atoms with Gasteiger partial charge in [0.2, 0.25) is 0 Å². The quantitative estimate of drug-likeness (QED) is 0.160. The number of thioether (sulfide) groups is 1. The van der Waals surface area contributed by atoms with Crippen molar-refractivity contribution in [2.45, 2.75) is 47.5 Å². The molecule has 0 saturated heterocycles. The fraction of sp³-hybridized carbons (Fsp3) is 0.179. The maximum absolute atomic E-state index is 4.14. The number of benzene rings is 3. The van der Waals surface area contributed by atoms with Crippen molar-refractivity contribution in [1.29, 1.82) is 0 Å². The van der Waals surface area contributed by atoms with Crippen LogP contribution in [0.2, 0.25) is 0 Å². The summed E-state index contributed by atoms with van der Waals surface area (Å²) < 4.78 is 0. The third-order valence-corrected chi connectivity index (χ3v) is 6.80. The van der Waals surface area contributed by atoms with E-state index >= 15 is 0 Å². The number of allylic oxidation sites excluding steroid dienone is 6. The summed E-state index contributed by atoms with van der Waals surface area (Å²) in [5.41, 5.74) is 7.02. The Balaban J connectivity index is 0.000000469. The van der Waals surface area contributed by atoms with E-state index in [4.69, 9.17) is 0 Å². The zero-order valence-corrected chi connectivity index (χ0v) is 26.5. The Bertz CT molecular complexity index is 1290. The summed E-state index contributed by atoms with van der Waals surface area (Å²) in [4.78, 5) is 4.10. The molecule has 0 spiro atoms. The van der Waals surface area contributed by atoms with Crippen LogP contribution in [0.4, 0.5) is 11.4 Å². The number of aryl methyl sites for hydroxylation is 1. The molecule has 2 heteroatoms. The van der Waals surface area contributed by atoms with Crippen LogP contribution in [0.1, 0.15) is 57.7 Å². The molecule has 3 aromatic rings. The van der Waals surface area contributed by atoms with Crippen LogP contribution in [-0.2, 0) is 6.42 Å². The Labute approximate surface area is 254 Å². The molecule has 0 radical (unpaired) electrons. The van der Waals surface area contributed by atoms with E-state index in [0.29, 0.717) is 0 Å². The zero-order chi connectivity index (χ0) is 30.5. The van der Waals surface area contributed by atoms with Crippen molar-refractivity contribution in [2.24, 2.45) is 0 Å². The van der Waals surface area contributed by atoms with Crippen molar-refractivity contribution in [3.63, 3.8) is 0 Å². The van der Waals surface area contributed by atoms with Crippen molar-refractivity contribution in [2.75, 3.05) is 4.90 Å². The highest BCUT2D eigenvalue weighted by Crippen LogP contribution is 2.35. The summed E-state index contributed by atoms with van der Waals surface area (Å²) in [6.07, 6.45) is 16.4. The van der Waals surface area contributed by atoms with Gasteiger partial charge in [-0.2, -0.15) is 0 Å². The van der Waals surface area contributed by atoms with Crippen LogP contribution >= 0.6 is 11.8 Å². The summed E-state index contributed by atoms with van der Waals surface area (Å²) in [5.74, 6) is 0. The van der Waals surface area contributed by atoms with Crippen molar-refractivity contribution < 1.29 is 0 Å². The van der Waals surface area contributed by atoms with E-state index in [9.17, 15) is 0 Å². The van der Waals surface area contributed by atoms with Crippen LogP contribution < -0.4 is 4.90 Å². The van der Waals surface area contributed by atoms with Gasteiger partial charge in [0.25, 0.3) is 0 Å². The van der Waals surface area contributed by atoms with E-state index in [1.165, 1.54) is 22.9 Å². The first kappa shape index (κ1) is 35.0. The summed E-state index contributed by atoms with van der Waals surface area (Å²) >= 11 is 1.54. The van der Waals surface area contributed by atoms with E-state index in [1.54, 1.807) is 6.08 Å². The molecule has 0 N–H and O–H groups in total. The number of hydrogen-bond acceptors (Lipinski definition) is 2. The minimum atomic E-state index is 0.897. The average molecular weight is 562 g/mol. The molecule has 0 aromatic heterocycles. The first-order chi connectivity index (χ1) is 20.0. The molecule has 214 valence electrons. The molecule has 0 heterocycles. The minimum absolute atomic E-state index is 0.897. The lowest BCUT2D eigenvalue weighted by Gasteiger charge is -2.26. The summed E-state index contributed by atoms with van der Waals surface area (Å²) in [7, 11) is 0. The van der Waals surface area contributed by atoms with Gasteiger partial charge in [0, 0.05) is 26.9 Å². The molecule has 0 aliphatic heterocycles. The highest BCUT2D eigenvalue weighted by molar-refractivity contribution is 8.11. The molecule has 0 atom stereocenters. The van der Waals surface area contributed by atoms with Gasteiger partial charge in [-0.25, -0.2) is 0 Å². The smallest absolute Gasteiger partial charge is 0.0461 e. The number of rotatable bonds is 12. The lowest BCUT2D eigenvalue weighted by Crippen LogP contribution is -2.14. The predicted molar refractivity (Wildman–Crippen MR) is 191 cm³/mol. The van der Waals surface area contributed by atoms with E-state index < -0.39 is 0 Å². The maximum atomic E-state index is 4.14. The molecule has 1 nitrogen and oxygen atoms in total. The Morgan fingerprint density at radius 3 is 1.90 bits per heavy atom. The molecule has 0 saturated carbocycles. The molecular formula is C39H47NS. The van der Waals surface area contributed by atoms with Gasteiger partial charge < -0.3 is 4.90 Å². The molecule has 0 aliphatic carbocycles. The van der Waals surface area contributed by atoms with Gasteiger partial charge in [-0.15, -0.1) is 0 Å². The third kappa shape index (κ3) is 12.4. The van der Waals surface area contributed by atoms with Crippen LogP contribution in [0.3, 0.4) is 0 Å². The topological polar surface area (TPSA) is 3.24 Å². The Hall–Kier alpha value is -4.01. The molecular weight excluding hydrogens is 515 g/mol. The second-order valence-electron chi connectivity index (χ2n) is 8.68. The second-order valence-corrected chi connectivity index (χ2v) is 9.90. The van der Waals surface area contributed by atoms with E-state index in [-0.39, 0.29) is 0 Å². The number of anilines is 2. The number of hydrogen-bond donors (Lipinski definition) is 0. The molecule has 0 aliphatic rings. The first-order valence-electron chi connectivity index (χ1n) is 14.2. The second kappa shape index (κ2) is 20.8. The van der Waals surface area contributed by atoms with Crippen molar-refractivity contribution in [3.05, 3.63) is 169 Å². The molecule has 41 heavy (non-hydrogen) atoms. The van der Waals surface area contributed by atoms with Gasteiger partial charge in [0.1, 0.15) is 0 Å². The monoisotopic (exact) mass is 561 g/mol. The highest BCUT2D eigenvalue weighted by Gasteiger charge is 2.12. The summed E-state index contributed by atoms with van der Waals surface area (Å²) in [5, 5.41) is 0. The maximum Gasteiger partial charge on any atom is 0.0461 e.